The molecule has 92 valence electrons. The molecule has 5 heteroatoms. The summed E-state index contributed by atoms with van der Waals surface area (Å²) < 4.78 is 0. The summed E-state index contributed by atoms with van der Waals surface area (Å²) >= 11 is 6.04. The van der Waals surface area contributed by atoms with Crippen LogP contribution >= 0.6 is 11.6 Å². The van der Waals surface area contributed by atoms with Crippen molar-refractivity contribution in [1.82, 2.24) is 4.98 Å². The Morgan fingerprint density at radius 3 is 2.72 bits per heavy atom. The standard InChI is InChI=1S/C13H11ClN2O2/c1-9-6-10(4-5-15-9)7-11-2-3-12(16(17)18)8-13(11)14/h2-6,8H,7H2,1H3. The highest BCUT2D eigenvalue weighted by Crippen LogP contribution is 2.24. The second kappa shape index (κ2) is 5.14. The molecule has 18 heavy (non-hydrogen) atoms. The molecule has 0 bridgehead atoms. The first-order chi connectivity index (χ1) is 8.56. The summed E-state index contributed by atoms with van der Waals surface area (Å²) in [6.45, 7) is 1.92. The van der Waals surface area contributed by atoms with E-state index in [2.05, 4.69) is 4.98 Å². The van der Waals surface area contributed by atoms with Gasteiger partial charge in [-0.1, -0.05) is 17.7 Å². The lowest BCUT2D eigenvalue weighted by atomic mass is 10.1. The number of nitro benzene ring substituents is 1. The molecule has 0 unspecified atom stereocenters. The van der Waals surface area contributed by atoms with Crippen molar-refractivity contribution in [1.29, 1.82) is 0 Å². The van der Waals surface area contributed by atoms with Crippen LogP contribution in [0.5, 0.6) is 0 Å². The topological polar surface area (TPSA) is 56.0 Å². The first-order valence-corrected chi connectivity index (χ1v) is 5.78. The Morgan fingerprint density at radius 1 is 1.33 bits per heavy atom. The van der Waals surface area contributed by atoms with E-state index in [-0.39, 0.29) is 5.69 Å². The summed E-state index contributed by atoms with van der Waals surface area (Å²) in [5, 5.41) is 11.0. The Balaban J connectivity index is 2.27. The molecule has 1 aromatic heterocycles. The summed E-state index contributed by atoms with van der Waals surface area (Å²) in [4.78, 5) is 14.3. The monoisotopic (exact) mass is 262 g/mol. The predicted octanol–water partition coefficient (Wildman–Crippen LogP) is 3.54. The van der Waals surface area contributed by atoms with Crippen molar-refractivity contribution in [3.63, 3.8) is 0 Å². The smallest absolute Gasteiger partial charge is 0.262 e. The van der Waals surface area contributed by atoms with E-state index in [9.17, 15) is 10.1 Å². The number of hydrogen-bond donors (Lipinski definition) is 0. The van der Waals surface area contributed by atoms with Gasteiger partial charge in [0, 0.05) is 24.0 Å². The van der Waals surface area contributed by atoms with E-state index in [0.29, 0.717) is 11.4 Å². The van der Waals surface area contributed by atoms with Crippen LogP contribution in [0.2, 0.25) is 5.02 Å². The molecule has 0 fully saturated rings. The number of halogens is 1. The fraction of sp³-hybridized carbons (Fsp3) is 0.154. The molecule has 0 aliphatic heterocycles. The van der Waals surface area contributed by atoms with Gasteiger partial charge in [-0.2, -0.15) is 0 Å². The number of nitrogens with zero attached hydrogens (tertiary/aromatic N) is 2. The molecular weight excluding hydrogens is 252 g/mol. The third-order valence-corrected chi connectivity index (χ3v) is 2.95. The highest BCUT2D eigenvalue weighted by Gasteiger charge is 2.09. The largest absolute Gasteiger partial charge is 0.270 e. The van der Waals surface area contributed by atoms with Crippen LogP contribution in [0.15, 0.2) is 36.5 Å². The number of non-ortho nitro benzene ring substituents is 1. The molecule has 4 nitrogen and oxygen atoms in total. The summed E-state index contributed by atoms with van der Waals surface area (Å²) in [6.07, 6.45) is 2.38. The molecule has 0 spiro atoms. The fourth-order valence-electron chi connectivity index (χ4n) is 1.73. The molecular formula is C13H11ClN2O2. The number of pyridine rings is 1. The second-order valence-corrected chi connectivity index (χ2v) is 4.42. The van der Waals surface area contributed by atoms with E-state index in [1.807, 2.05) is 19.1 Å². The summed E-state index contributed by atoms with van der Waals surface area (Å²) in [6, 6.07) is 8.42. The van der Waals surface area contributed by atoms with Crippen LogP contribution in [-0.2, 0) is 6.42 Å². The Morgan fingerprint density at radius 2 is 2.11 bits per heavy atom. The van der Waals surface area contributed by atoms with Crippen LogP contribution in [0.1, 0.15) is 16.8 Å². The van der Waals surface area contributed by atoms with Crippen LogP contribution in [0.3, 0.4) is 0 Å². The summed E-state index contributed by atoms with van der Waals surface area (Å²) in [5.74, 6) is 0. The summed E-state index contributed by atoms with van der Waals surface area (Å²) in [5.41, 5.74) is 2.89. The first-order valence-electron chi connectivity index (χ1n) is 5.40. The molecule has 0 N–H and O–H groups in total. The van der Waals surface area contributed by atoms with Crippen molar-refractivity contribution in [2.24, 2.45) is 0 Å². The third kappa shape index (κ3) is 2.84. The van der Waals surface area contributed by atoms with Crippen molar-refractivity contribution in [2.45, 2.75) is 13.3 Å². The first kappa shape index (κ1) is 12.5. The Bertz CT molecular complexity index is 599. The highest BCUT2D eigenvalue weighted by molar-refractivity contribution is 6.31. The molecule has 0 radical (unpaired) electrons. The van der Waals surface area contributed by atoms with Crippen LogP contribution in [-0.4, -0.2) is 9.91 Å². The van der Waals surface area contributed by atoms with Gasteiger partial charge in [0.05, 0.1) is 9.95 Å². The molecule has 0 aliphatic rings. The zero-order valence-corrected chi connectivity index (χ0v) is 10.5. The van der Waals surface area contributed by atoms with Gasteiger partial charge in [-0.25, -0.2) is 0 Å². The Labute approximate surface area is 109 Å². The quantitative estimate of drug-likeness (QED) is 0.628. The molecule has 0 atom stereocenters. The third-order valence-electron chi connectivity index (χ3n) is 2.60. The summed E-state index contributed by atoms with van der Waals surface area (Å²) in [7, 11) is 0. The average Bonchev–Trinajstić information content (AvgIpc) is 2.31. The second-order valence-electron chi connectivity index (χ2n) is 4.02. The maximum absolute atomic E-state index is 10.6. The Hall–Kier alpha value is -1.94. The molecule has 2 rings (SSSR count). The van der Waals surface area contributed by atoms with E-state index < -0.39 is 4.92 Å². The van der Waals surface area contributed by atoms with Crippen LogP contribution in [0.4, 0.5) is 5.69 Å². The van der Waals surface area contributed by atoms with E-state index in [1.165, 1.54) is 12.1 Å². The molecule has 0 saturated heterocycles. The SMILES string of the molecule is Cc1cc(Cc2ccc([N+](=O)[O-])cc2Cl)ccn1. The molecule has 0 amide bonds. The average molecular weight is 263 g/mol. The molecule has 1 heterocycles. The van der Waals surface area contributed by atoms with Gasteiger partial charge in [-0.05, 0) is 36.6 Å². The van der Waals surface area contributed by atoms with Gasteiger partial charge in [0.15, 0.2) is 0 Å². The maximum Gasteiger partial charge on any atom is 0.270 e. The van der Waals surface area contributed by atoms with Crippen molar-refractivity contribution in [3.05, 3.63) is 68.5 Å². The van der Waals surface area contributed by atoms with E-state index in [0.717, 1.165) is 16.8 Å². The lowest BCUT2D eigenvalue weighted by Gasteiger charge is -2.05. The van der Waals surface area contributed by atoms with Gasteiger partial charge in [0.1, 0.15) is 0 Å². The number of hydrogen-bond acceptors (Lipinski definition) is 3. The van der Waals surface area contributed by atoms with E-state index in [4.69, 9.17) is 11.6 Å². The van der Waals surface area contributed by atoms with Crippen LogP contribution in [0, 0.1) is 17.0 Å². The molecule has 0 saturated carbocycles. The van der Waals surface area contributed by atoms with Gasteiger partial charge >= 0.3 is 0 Å². The van der Waals surface area contributed by atoms with Gasteiger partial charge in [0.2, 0.25) is 0 Å². The lowest BCUT2D eigenvalue weighted by molar-refractivity contribution is -0.384. The van der Waals surface area contributed by atoms with Gasteiger partial charge in [-0.3, -0.25) is 15.1 Å². The molecule has 1 aromatic carbocycles. The van der Waals surface area contributed by atoms with Gasteiger partial charge < -0.3 is 0 Å². The van der Waals surface area contributed by atoms with Gasteiger partial charge in [0.25, 0.3) is 5.69 Å². The van der Waals surface area contributed by atoms with Crippen molar-refractivity contribution < 1.29 is 4.92 Å². The molecule has 0 aliphatic carbocycles. The highest BCUT2D eigenvalue weighted by atomic mass is 35.5. The number of aromatic nitrogens is 1. The van der Waals surface area contributed by atoms with Crippen molar-refractivity contribution in [2.75, 3.05) is 0 Å². The number of rotatable bonds is 3. The van der Waals surface area contributed by atoms with E-state index in [1.54, 1.807) is 12.3 Å². The lowest BCUT2D eigenvalue weighted by Crippen LogP contribution is -1.93. The molecule has 2 aromatic rings. The number of benzene rings is 1. The Kier molecular flexibility index (Phi) is 3.58. The number of nitro groups is 1. The maximum atomic E-state index is 10.6. The fourth-order valence-corrected chi connectivity index (χ4v) is 1.97. The number of aryl methyl sites for hydroxylation is 1. The zero-order valence-electron chi connectivity index (χ0n) is 9.76. The zero-order chi connectivity index (χ0) is 13.1. The predicted molar refractivity (Wildman–Crippen MR) is 69.9 cm³/mol. The minimum Gasteiger partial charge on any atom is -0.262 e. The van der Waals surface area contributed by atoms with Crippen LogP contribution < -0.4 is 0 Å². The van der Waals surface area contributed by atoms with E-state index >= 15 is 0 Å². The minimum atomic E-state index is -0.452. The van der Waals surface area contributed by atoms with Gasteiger partial charge in [-0.15, -0.1) is 0 Å². The van der Waals surface area contributed by atoms with Crippen LogP contribution in [0.25, 0.3) is 0 Å². The minimum absolute atomic E-state index is 0.00894. The van der Waals surface area contributed by atoms with Crippen molar-refractivity contribution in [3.8, 4) is 0 Å². The van der Waals surface area contributed by atoms with Crippen molar-refractivity contribution >= 4 is 17.3 Å². The normalized spacial score (nSPS) is 10.3.